The van der Waals surface area contributed by atoms with Crippen molar-refractivity contribution >= 4 is 6.29 Å². The number of pyridine rings is 1. The summed E-state index contributed by atoms with van der Waals surface area (Å²) in [5.74, 6) is -1.37. The van der Waals surface area contributed by atoms with Gasteiger partial charge in [0.1, 0.15) is 0 Å². The Morgan fingerprint density at radius 1 is 1.54 bits per heavy atom. The molecule has 6 heteroatoms. The van der Waals surface area contributed by atoms with Crippen LogP contribution in [-0.4, -0.2) is 17.9 Å². The number of halogens is 3. The van der Waals surface area contributed by atoms with Gasteiger partial charge in [-0.25, -0.2) is 4.98 Å². The molecule has 1 heterocycles. The molecule has 0 amide bonds. The molecule has 3 nitrogen and oxygen atoms in total. The predicted molar refractivity (Wildman–Crippen MR) is 36.2 cm³/mol. The third-order valence-corrected chi connectivity index (χ3v) is 1.21. The number of alkyl halides is 2. The van der Waals surface area contributed by atoms with E-state index in [0.29, 0.717) is 6.07 Å². The second kappa shape index (κ2) is 3.88. The Morgan fingerprint density at radius 2 is 2.23 bits per heavy atom. The summed E-state index contributed by atoms with van der Waals surface area (Å²) in [5.41, 5.74) is -0.298. The van der Waals surface area contributed by atoms with Gasteiger partial charge in [0, 0.05) is 6.07 Å². The molecule has 0 bridgehead atoms. The summed E-state index contributed by atoms with van der Waals surface area (Å²) >= 11 is 0. The summed E-state index contributed by atoms with van der Waals surface area (Å²) in [4.78, 5) is 13.3. The minimum Gasteiger partial charge on any atom is -0.432 e. The minimum atomic E-state index is -3.06. The standard InChI is InChI=1S/C7H4F3NO2/c8-6-1-4(3-12)5(2-11-6)13-7(9)10/h1-3,7H. The van der Waals surface area contributed by atoms with Crippen molar-refractivity contribution in [1.82, 2.24) is 4.98 Å². The van der Waals surface area contributed by atoms with E-state index in [4.69, 9.17) is 0 Å². The molecule has 1 aromatic heterocycles. The molecule has 0 aromatic carbocycles. The quantitative estimate of drug-likeness (QED) is 0.538. The van der Waals surface area contributed by atoms with E-state index in [0.717, 1.165) is 6.20 Å². The van der Waals surface area contributed by atoms with Crippen molar-refractivity contribution in [1.29, 1.82) is 0 Å². The number of aromatic nitrogens is 1. The Hall–Kier alpha value is -1.59. The fourth-order valence-corrected chi connectivity index (χ4v) is 0.718. The minimum absolute atomic E-state index is 0.211. The van der Waals surface area contributed by atoms with Gasteiger partial charge in [-0.2, -0.15) is 13.2 Å². The first kappa shape index (κ1) is 9.50. The molecule has 1 rings (SSSR count). The Bertz CT molecular complexity index is 317. The molecule has 0 unspecified atom stereocenters. The highest BCUT2D eigenvalue weighted by Gasteiger charge is 2.10. The Morgan fingerprint density at radius 3 is 2.77 bits per heavy atom. The number of hydrogen-bond donors (Lipinski definition) is 0. The first-order valence-electron chi connectivity index (χ1n) is 3.19. The number of rotatable bonds is 3. The van der Waals surface area contributed by atoms with Gasteiger partial charge in [-0.05, 0) is 0 Å². The smallest absolute Gasteiger partial charge is 0.387 e. The average Bonchev–Trinajstić information content (AvgIpc) is 2.07. The third-order valence-electron chi connectivity index (χ3n) is 1.21. The molecular weight excluding hydrogens is 187 g/mol. The molecule has 0 saturated carbocycles. The summed E-state index contributed by atoms with van der Waals surface area (Å²) in [7, 11) is 0. The van der Waals surface area contributed by atoms with Gasteiger partial charge in [-0.1, -0.05) is 0 Å². The lowest BCUT2D eigenvalue weighted by molar-refractivity contribution is -0.0503. The lowest BCUT2D eigenvalue weighted by Gasteiger charge is -2.05. The highest BCUT2D eigenvalue weighted by Crippen LogP contribution is 2.17. The van der Waals surface area contributed by atoms with Gasteiger partial charge >= 0.3 is 6.61 Å². The summed E-state index contributed by atoms with van der Waals surface area (Å²) in [6.45, 7) is -3.06. The lowest BCUT2D eigenvalue weighted by Crippen LogP contribution is -2.05. The van der Waals surface area contributed by atoms with E-state index in [1.807, 2.05) is 0 Å². The molecule has 0 radical (unpaired) electrons. The molecule has 0 saturated heterocycles. The molecule has 0 aliphatic rings. The van der Waals surface area contributed by atoms with Crippen LogP contribution in [0.15, 0.2) is 12.3 Å². The van der Waals surface area contributed by atoms with E-state index < -0.39 is 18.3 Å². The van der Waals surface area contributed by atoms with E-state index in [1.165, 1.54) is 0 Å². The molecule has 13 heavy (non-hydrogen) atoms. The largest absolute Gasteiger partial charge is 0.432 e. The predicted octanol–water partition coefficient (Wildman–Crippen LogP) is 1.63. The van der Waals surface area contributed by atoms with Crippen LogP contribution in [0.1, 0.15) is 10.4 Å². The van der Waals surface area contributed by atoms with Gasteiger partial charge in [0.2, 0.25) is 5.95 Å². The number of aldehydes is 1. The maximum Gasteiger partial charge on any atom is 0.387 e. The second-order valence-corrected chi connectivity index (χ2v) is 2.04. The van der Waals surface area contributed by atoms with Crippen LogP contribution in [0.5, 0.6) is 5.75 Å². The van der Waals surface area contributed by atoms with Crippen LogP contribution in [0, 0.1) is 5.95 Å². The molecule has 0 fully saturated rings. The van der Waals surface area contributed by atoms with Crippen LogP contribution in [0.4, 0.5) is 13.2 Å². The van der Waals surface area contributed by atoms with E-state index in [2.05, 4.69) is 9.72 Å². The number of nitrogens with zero attached hydrogens (tertiary/aromatic N) is 1. The summed E-state index contributed by atoms with van der Waals surface area (Å²) in [6.07, 6.45) is 0.938. The van der Waals surface area contributed by atoms with Crippen LogP contribution in [0.25, 0.3) is 0 Å². The molecule has 0 aliphatic carbocycles. The highest BCUT2D eigenvalue weighted by molar-refractivity contribution is 5.78. The number of carbonyl (C=O) groups is 1. The van der Waals surface area contributed by atoms with Crippen molar-refractivity contribution in [3.05, 3.63) is 23.8 Å². The van der Waals surface area contributed by atoms with Crippen molar-refractivity contribution in [2.24, 2.45) is 0 Å². The van der Waals surface area contributed by atoms with Gasteiger partial charge < -0.3 is 4.74 Å². The fourth-order valence-electron chi connectivity index (χ4n) is 0.718. The van der Waals surface area contributed by atoms with E-state index in [1.54, 1.807) is 0 Å². The van der Waals surface area contributed by atoms with Crippen molar-refractivity contribution in [3.63, 3.8) is 0 Å². The molecule has 70 valence electrons. The maximum absolute atomic E-state index is 12.4. The molecule has 0 aliphatic heterocycles. The maximum atomic E-state index is 12.4. The molecule has 1 aromatic rings. The Balaban J connectivity index is 2.99. The Kier molecular flexibility index (Phi) is 2.84. The third kappa shape index (κ3) is 2.43. The highest BCUT2D eigenvalue weighted by atomic mass is 19.3. The average molecular weight is 191 g/mol. The van der Waals surface area contributed by atoms with Crippen LogP contribution in [0.2, 0.25) is 0 Å². The van der Waals surface area contributed by atoms with Crippen molar-refractivity contribution in [3.8, 4) is 5.75 Å². The zero-order valence-electron chi connectivity index (χ0n) is 6.21. The molecule has 0 N–H and O–H groups in total. The monoisotopic (exact) mass is 191 g/mol. The number of hydrogen-bond acceptors (Lipinski definition) is 3. The topological polar surface area (TPSA) is 39.2 Å². The first-order chi connectivity index (χ1) is 6.13. The zero-order chi connectivity index (χ0) is 9.84. The number of carbonyl (C=O) groups excluding carboxylic acids is 1. The number of ether oxygens (including phenoxy) is 1. The van der Waals surface area contributed by atoms with Crippen LogP contribution in [0.3, 0.4) is 0 Å². The molecular formula is C7H4F3NO2. The van der Waals surface area contributed by atoms with Gasteiger partial charge in [-0.3, -0.25) is 4.79 Å². The molecule has 0 atom stereocenters. The van der Waals surface area contributed by atoms with Gasteiger partial charge in [0.05, 0.1) is 11.8 Å². The SMILES string of the molecule is O=Cc1cc(F)ncc1OC(F)F. The lowest BCUT2D eigenvalue weighted by atomic mass is 10.3. The van der Waals surface area contributed by atoms with E-state index in [9.17, 15) is 18.0 Å². The molecule has 0 spiro atoms. The van der Waals surface area contributed by atoms with Crippen LogP contribution < -0.4 is 4.74 Å². The summed E-state index contributed by atoms with van der Waals surface area (Å²) in [6, 6.07) is 0.713. The van der Waals surface area contributed by atoms with Crippen molar-refractivity contribution in [2.45, 2.75) is 6.61 Å². The summed E-state index contributed by atoms with van der Waals surface area (Å²) < 4.78 is 39.6. The normalized spacial score (nSPS) is 10.2. The Labute approximate surface area is 71.2 Å². The zero-order valence-corrected chi connectivity index (χ0v) is 6.21. The van der Waals surface area contributed by atoms with E-state index >= 15 is 0 Å². The van der Waals surface area contributed by atoms with Crippen molar-refractivity contribution < 1.29 is 22.7 Å². The van der Waals surface area contributed by atoms with Crippen LogP contribution in [-0.2, 0) is 0 Å². The van der Waals surface area contributed by atoms with E-state index in [-0.39, 0.29) is 11.8 Å². The van der Waals surface area contributed by atoms with Crippen LogP contribution >= 0.6 is 0 Å². The first-order valence-corrected chi connectivity index (χ1v) is 3.19. The van der Waals surface area contributed by atoms with Gasteiger partial charge in [0.25, 0.3) is 0 Å². The van der Waals surface area contributed by atoms with Crippen molar-refractivity contribution in [2.75, 3.05) is 0 Å². The van der Waals surface area contributed by atoms with Gasteiger partial charge in [0.15, 0.2) is 12.0 Å². The summed E-state index contributed by atoms with van der Waals surface area (Å²) in [5, 5.41) is 0. The van der Waals surface area contributed by atoms with Gasteiger partial charge in [-0.15, -0.1) is 0 Å². The second-order valence-electron chi connectivity index (χ2n) is 2.04. The fraction of sp³-hybridized carbons (Fsp3) is 0.143.